The monoisotopic (exact) mass is 628 g/mol. The van der Waals surface area contributed by atoms with E-state index in [9.17, 15) is 27.0 Å². The normalized spacial score (nSPS) is 25.2. The van der Waals surface area contributed by atoms with Crippen molar-refractivity contribution in [2.24, 2.45) is 11.3 Å². The molecule has 2 unspecified atom stereocenters. The van der Waals surface area contributed by atoms with Gasteiger partial charge in [0.15, 0.2) is 16.1 Å². The third-order valence-electron chi connectivity index (χ3n) is 10.9. The van der Waals surface area contributed by atoms with Crippen LogP contribution in [0.15, 0.2) is 27.5 Å². The number of ketones is 1. The van der Waals surface area contributed by atoms with E-state index in [0.29, 0.717) is 17.9 Å². The molecule has 2 saturated carbocycles. The van der Waals surface area contributed by atoms with Crippen LogP contribution in [0.2, 0.25) is 0 Å². The fraction of sp³-hybridized carbons (Fsp3) is 0.625. The molecule has 7 rings (SSSR count). The van der Waals surface area contributed by atoms with Crippen LogP contribution >= 0.6 is 0 Å². The molecular formula is C32H41FN4O6S. The Labute approximate surface area is 256 Å². The van der Waals surface area contributed by atoms with E-state index in [2.05, 4.69) is 10.1 Å². The second kappa shape index (κ2) is 11.4. The Hall–Kier alpha value is -2.96. The van der Waals surface area contributed by atoms with Gasteiger partial charge in [0.1, 0.15) is 11.6 Å². The Morgan fingerprint density at radius 3 is 2.50 bits per heavy atom. The molecule has 3 aromatic rings. The van der Waals surface area contributed by atoms with Crippen LogP contribution in [0.1, 0.15) is 87.5 Å². The van der Waals surface area contributed by atoms with E-state index in [1.165, 1.54) is 12.1 Å². The van der Waals surface area contributed by atoms with Crippen LogP contribution in [-0.4, -0.2) is 62.7 Å². The summed E-state index contributed by atoms with van der Waals surface area (Å²) in [6.45, 7) is 9.09. The van der Waals surface area contributed by atoms with E-state index in [4.69, 9.17) is 9.51 Å². The van der Waals surface area contributed by atoms with E-state index >= 15 is 0 Å². The van der Waals surface area contributed by atoms with Crippen LogP contribution < -0.4 is 5.56 Å². The smallest absolute Gasteiger partial charge is 0.278 e. The molecule has 4 aliphatic rings. The van der Waals surface area contributed by atoms with E-state index < -0.39 is 20.3 Å². The molecule has 44 heavy (non-hydrogen) atoms. The Morgan fingerprint density at radius 2 is 1.86 bits per heavy atom. The molecule has 0 spiro atoms. The Kier molecular flexibility index (Phi) is 8.07. The second-order valence-corrected chi connectivity index (χ2v) is 15.1. The van der Waals surface area contributed by atoms with Crippen molar-refractivity contribution in [3.05, 3.63) is 57.1 Å². The summed E-state index contributed by atoms with van der Waals surface area (Å²) in [5, 5.41) is 5.15. The zero-order valence-electron chi connectivity index (χ0n) is 25.6. The lowest BCUT2D eigenvalue weighted by atomic mass is 9.81. The number of piperidine rings is 1. The molecule has 0 radical (unpaired) electrons. The topological polar surface area (TPSA) is 136 Å². The minimum atomic E-state index is -4.28. The van der Waals surface area contributed by atoms with Gasteiger partial charge in [0.2, 0.25) is 0 Å². The van der Waals surface area contributed by atoms with Crippen LogP contribution in [0.3, 0.4) is 0 Å². The lowest BCUT2D eigenvalue weighted by Crippen LogP contribution is -2.50. The maximum absolute atomic E-state index is 13.4. The summed E-state index contributed by atoms with van der Waals surface area (Å²) in [5.41, 5.74) is 2.77. The minimum Gasteiger partial charge on any atom is -0.356 e. The summed E-state index contributed by atoms with van der Waals surface area (Å²) in [6, 6.07) is 4.63. The molecule has 2 bridgehead atoms. The standard InChI is InChI=1S/C23H27FN4O2.C9H14O4S/c1-15-18(23(29)28-10-3-2-4-21(28)25-15)9-13-27-11-7-16(8-12-27)22-19-6-5-17(24)14-20(19)30-26-22;1-8(2)6-3-4-9(8,7(10)5-6)14(11,12)13/h5-6,14,16H,2-4,7-13H2,1H3;6H,3-5H2,1-2H3,(H,11,12,13). The van der Waals surface area contributed by atoms with Gasteiger partial charge in [-0.25, -0.2) is 9.37 Å². The van der Waals surface area contributed by atoms with Crippen LogP contribution in [0, 0.1) is 24.1 Å². The van der Waals surface area contributed by atoms with Gasteiger partial charge in [-0.05, 0) is 88.4 Å². The van der Waals surface area contributed by atoms with Crippen LogP contribution in [0.4, 0.5) is 4.39 Å². The first-order chi connectivity index (χ1) is 20.8. The molecular weight excluding hydrogens is 587 g/mol. The summed E-state index contributed by atoms with van der Waals surface area (Å²) >= 11 is 0. The number of carbonyl (C=O) groups excluding carboxylic acids is 1. The number of halogens is 1. The zero-order chi connectivity index (χ0) is 31.4. The van der Waals surface area contributed by atoms with Gasteiger partial charge >= 0.3 is 0 Å². The number of aromatic nitrogens is 3. The highest BCUT2D eigenvalue weighted by Crippen LogP contribution is 2.61. The lowest BCUT2D eigenvalue weighted by molar-refractivity contribution is -0.121. The molecule has 238 valence electrons. The molecule has 1 aromatic carbocycles. The third-order valence-corrected chi connectivity index (χ3v) is 12.8. The van der Waals surface area contributed by atoms with Gasteiger partial charge in [-0.15, -0.1) is 0 Å². The second-order valence-electron chi connectivity index (χ2n) is 13.5. The largest absolute Gasteiger partial charge is 0.356 e. The van der Waals surface area contributed by atoms with Gasteiger partial charge in [-0.3, -0.25) is 18.7 Å². The number of benzene rings is 1. The van der Waals surface area contributed by atoms with Gasteiger partial charge in [-0.1, -0.05) is 19.0 Å². The molecule has 12 heteroatoms. The first-order valence-electron chi connectivity index (χ1n) is 15.7. The van der Waals surface area contributed by atoms with Crippen LogP contribution in [-0.2, 0) is 34.3 Å². The molecule has 2 aliphatic heterocycles. The van der Waals surface area contributed by atoms with E-state index in [1.807, 2.05) is 11.5 Å². The van der Waals surface area contributed by atoms with Crippen molar-refractivity contribution < 1.29 is 26.7 Å². The number of fused-ring (bicyclic) bond motifs is 4. The summed E-state index contributed by atoms with van der Waals surface area (Å²) in [4.78, 5) is 31.7. The predicted octanol–water partition coefficient (Wildman–Crippen LogP) is 4.61. The van der Waals surface area contributed by atoms with Crippen molar-refractivity contribution in [2.75, 3.05) is 19.6 Å². The minimum absolute atomic E-state index is 0.108. The molecule has 10 nitrogen and oxygen atoms in total. The van der Waals surface area contributed by atoms with Gasteiger partial charge < -0.3 is 9.42 Å². The van der Waals surface area contributed by atoms with Crippen LogP contribution in [0.5, 0.6) is 0 Å². The summed E-state index contributed by atoms with van der Waals surface area (Å²) in [5.74, 6) is 0.778. The number of nitrogens with zero attached hydrogens (tertiary/aromatic N) is 4. The summed E-state index contributed by atoms with van der Waals surface area (Å²) in [6.07, 6.45) is 7.11. The maximum Gasteiger partial charge on any atom is 0.278 e. The molecule has 1 N–H and O–H groups in total. The first-order valence-corrected chi connectivity index (χ1v) is 17.1. The van der Waals surface area contributed by atoms with Gasteiger partial charge in [0.05, 0.1) is 5.69 Å². The van der Waals surface area contributed by atoms with E-state index in [-0.39, 0.29) is 29.5 Å². The van der Waals surface area contributed by atoms with Gasteiger partial charge in [0, 0.05) is 54.6 Å². The Bertz CT molecular complexity index is 1760. The highest BCUT2D eigenvalue weighted by molar-refractivity contribution is 7.88. The van der Waals surface area contributed by atoms with Crippen molar-refractivity contribution in [2.45, 2.75) is 95.8 Å². The average molecular weight is 629 g/mol. The Morgan fingerprint density at radius 1 is 1.11 bits per heavy atom. The fourth-order valence-corrected chi connectivity index (χ4v) is 9.76. The molecule has 4 heterocycles. The average Bonchev–Trinajstić information content (AvgIpc) is 3.57. The van der Waals surface area contributed by atoms with E-state index in [0.717, 1.165) is 99.3 Å². The number of rotatable bonds is 5. The lowest BCUT2D eigenvalue weighted by Gasteiger charge is -2.32. The zero-order valence-corrected chi connectivity index (χ0v) is 26.5. The quantitative estimate of drug-likeness (QED) is 0.402. The number of hydrogen-bond acceptors (Lipinski definition) is 8. The number of carbonyl (C=O) groups is 1. The number of aryl methyl sites for hydroxylation is 2. The Balaban J connectivity index is 0.000000205. The first kappa shape index (κ1) is 31.0. The van der Waals surface area contributed by atoms with Crippen molar-refractivity contribution in [3.63, 3.8) is 0 Å². The molecule has 2 aromatic heterocycles. The van der Waals surface area contributed by atoms with Gasteiger partial charge in [-0.2, -0.15) is 8.42 Å². The molecule has 3 fully saturated rings. The number of hydrogen-bond donors (Lipinski definition) is 1. The highest BCUT2D eigenvalue weighted by Gasteiger charge is 2.70. The van der Waals surface area contributed by atoms with Crippen molar-refractivity contribution in [1.29, 1.82) is 0 Å². The molecule has 2 atom stereocenters. The predicted molar refractivity (Wildman–Crippen MR) is 163 cm³/mol. The highest BCUT2D eigenvalue weighted by atomic mass is 32.2. The third kappa shape index (κ3) is 5.12. The van der Waals surface area contributed by atoms with Crippen molar-refractivity contribution in [1.82, 2.24) is 19.6 Å². The summed E-state index contributed by atoms with van der Waals surface area (Å²) < 4.78 is 51.1. The molecule has 1 saturated heterocycles. The van der Waals surface area contributed by atoms with E-state index in [1.54, 1.807) is 19.9 Å². The van der Waals surface area contributed by atoms with Gasteiger partial charge in [0.25, 0.3) is 15.7 Å². The molecule has 0 amide bonds. The number of likely N-dealkylation sites (tertiary alicyclic amines) is 1. The summed E-state index contributed by atoms with van der Waals surface area (Å²) in [7, 11) is -4.28. The number of Topliss-reactive ketones (excluding diaryl/α,β-unsaturated/α-hetero) is 1. The van der Waals surface area contributed by atoms with Crippen LogP contribution in [0.25, 0.3) is 11.0 Å². The van der Waals surface area contributed by atoms with Crippen molar-refractivity contribution in [3.8, 4) is 0 Å². The SMILES string of the molecule is CC1(C)C2CCC1(S(=O)(=O)O)C(=O)C2.Cc1nc2n(c(=O)c1CCN1CCC(c3noc4cc(F)ccc34)CC1)CCCC2. The maximum atomic E-state index is 13.4. The fourth-order valence-electron chi connectivity index (χ4n) is 8.18. The molecule has 2 aliphatic carbocycles. The van der Waals surface area contributed by atoms with Crippen molar-refractivity contribution >= 4 is 26.9 Å².